The summed E-state index contributed by atoms with van der Waals surface area (Å²) in [6, 6.07) is 5.01. The number of nitrogens with zero attached hydrogens (tertiary/aromatic N) is 2. The summed E-state index contributed by atoms with van der Waals surface area (Å²) in [5.41, 5.74) is 0.737. The van der Waals surface area contributed by atoms with E-state index in [0.717, 1.165) is 43.5 Å². The number of nitro benzene ring substituents is 1. The van der Waals surface area contributed by atoms with E-state index in [4.69, 9.17) is 0 Å². The van der Waals surface area contributed by atoms with Crippen molar-refractivity contribution in [1.82, 2.24) is 4.90 Å². The Bertz CT molecular complexity index is 473. The first-order valence-corrected chi connectivity index (χ1v) is 7.79. The molecular weight excluding hydrogens is 322 g/mol. The number of rotatable bonds is 5. The number of piperidine rings is 1. The minimum Gasteiger partial charge on any atom is -0.379 e. The van der Waals surface area contributed by atoms with E-state index in [-0.39, 0.29) is 10.6 Å². The summed E-state index contributed by atoms with van der Waals surface area (Å²) in [5, 5.41) is 14.3. The fourth-order valence-corrected chi connectivity index (χ4v) is 2.93. The first-order valence-electron chi connectivity index (χ1n) is 7.00. The zero-order chi connectivity index (χ0) is 14.5. The number of likely N-dealkylation sites (tertiary alicyclic amines) is 1. The van der Waals surface area contributed by atoms with Gasteiger partial charge in [0.05, 0.1) is 4.92 Å². The Balaban J connectivity index is 1.94. The van der Waals surface area contributed by atoms with Crippen LogP contribution in [-0.2, 0) is 0 Å². The van der Waals surface area contributed by atoms with E-state index < -0.39 is 0 Å². The van der Waals surface area contributed by atoms with Crippen LogP contribution in [0.2, 0.25) is 0 Å². The van der Waals surface area contributed by atoms with Crippen LogP contribution >= 0.6 is 15.9 Å². The van der Waals surface area contributed by atoms with Gasteiger partial charge in [-0.15, -0.1) is 0 Å². The first kappa shape index (κ1) is 15.3. The maximum atomic E-state index is 11.0. The van der Waals surface area contributed by atoms with Crippen molar-refractivity contribution in [1.29, 1.82) is 0 Å². The summed E-state index contributed by atoms with van der Waals surface area (Å²) in [6.45, 7) is 6.35. The predicted molar refractivity (Wildman–Crippen MR) is 84.1 cm³/mol. The molecule has 0 unspecified atom stereocenters. The Morgan fingerprint density at radius 1 is 1.45 bits per heavy atom. The molecule has 6 heteroatoms. The van der Waals surface area contributed by atoms with Crippen molar-refractivity contribution in [3.63, 3.8) is 0 Å². The van der Waals surface area contributed by atoms with Gasteiger partial charge in [-0.2, -0.15) is 0 Å². The molecule has 0 aliphatic carbocycles. The van der Waals surface area contributed by atoms with Gasteiger partial charge >= 0.3 is 0 Å². The molecule has 0 atom stereocenters. The molecular formula is C14H20BrN3O2. The van der Waals surface area contributed by atoms with Crippen molar-refractivity contribution in [2.75, 3.05) is 31.5 Å². The van der Waals surface area contributed by atoms with E-state index in [0.29, 0.717) is 11.6 Å². The normalized spacial score (nSPS) is 17.1. The summed E-state index contributed by atoms with van der Waals surface area (Å²) in [6.07, 6.45) is 2.31. The largest absolute Gasteiger partial charge is 0.379 e. The molecule has 0 aromatic heterocycles. The molecule has 1 aromatic carbocycles. The van der Waals surface area contributed by atoms with Crippen molar-refractivity contribution in [3.05, 3.63) is 32.8 Å². The fraction of sp³-hybridized carbons (Fsp3) is 0.571. The monoisotopic (exact) mass is 341 g/mol. The van der Waals surface area contributed by atoms with E-state index in [1.807, 2.05) is 0 Å². The predicted octanol–water partition coefficient (Wildman–Crippen LogP) is 3.50. The lowest BCUT2D eigenvalue weighted by molar-refractivity contribution is -0.384. The lowest BCUT2D eigenvalue weighted by atomic mass is 9.97. The maximum Gasteiger partial charge on any atom is 0.292 e. The Kier molecular flexibility index (Phi) is 5.37. The van der Waals surface area contributed by atoms with E-state index >= 15 is 0 Å². The first-order chi connectivity index (χ1) is 9.60. The highest BCUT2D eigenvalue weighted by Gasteiger charge is 2.19. The molecule has 0 amide bonds. The molecule has 110 valence electrons. The van der Waals surface area contributed by atoms with Gasteiger partial charge in [0, 0.05) is 17.1 Å². The van der Waals surface area contributed by atoms with Crippen LogP contribution in [-0.4, -0.2) is 36.0 Å². The van der Waals surface area contributed by atoms with E-state index in [1.54, 1.807) is 12.1 Å². The number of anilines is 1. The second-order valence-corrected chi connectivity index (χ2v) is 6.09. The lowest BCUT2D eigenvalue weighted by Crippen LogP contribution is -2.35. The van der Waals surface area contributed by atoms with Crippen LogP contribution < -0.4 is 5.32 Å². The molecule has 1 saturated heterocycles. The van der Waals surface area contributed by atoms with Crippen LogP contribution in [0.4, 0.5) is 11.4 Å². The van der Waals surface area contributed by atoms with Crippen LogP contribution in [0.5, 0.6) is 0 Å². The Labute approximate surface area is 127 Å². The van der Waals surface area contributed by atoms with Gasteiger partial charge in [-0.25, -0.2) is 0 Å². The molecule has 1 aliphatic heterocycles. The highest BCUT2D eigenvalue weighted by molar-refractivity contribution is 9.10. The third-order valence-corrected chi connectivity index (χ3v) is 4.38. The minimum atomic E-state index is -0.339. The number of nitrogens with one attached hydrogen (secondary N) is 1. The van der Waals surface area contributed by atoms with Crippen molar-refractivity contribution in [3.8, 4) is 0 Å². The second-order valence-electron chi connectivity index (χ2n) is 5.18. The maximum absolute atomic E-state index is 11.0. The molecule has 1 fully saturated rings. The second kappa shape index (κ2) is 7.04. The van der Waals surface area contributed by atoms with Crippen molar-refractivity contribution >= 4 is 27.3 Å². The third-order valence-electron chi connectivity index (χ3n) is 3.89. The number of hydrogen-bond donors (Lipinski definition) is 1. The van der Waals surface area contributed by atoms with Crippen LogP contribution in [0.3, 0.4) is 0 Å². The smallest absolute Gasteiger partial charge is 0.292 e. The van der Waals surface area contributed by atoms with Crippen molar-refractivity contribution in [2.45, 2.75) is 19.8 Å². The topological polar surface area (TPSA) is 58.4 Å². The Morgan fingerprint density at radius 2 is 2.15 bits per heavy atom. The van der Waals surface area contributed by atoms with Gasteiger partial charge in [0.2, 0.25) is 0 Å². The van der Waals surface area contributed by atoms with Crippen LogP contribution in [0, 0.1) is 16.0 Å². The highest BCUT2D eigenvalue weighted by atomic mass is 79.9. The van der Waals surface area contributed by atoms with Gasteiger partial charge in [-0.1, -0.05) is 22.9 Å². The zero-order valence-corrected chi connectivity index (χ0v) is 13.2. The molecule has 1 heterocycles. The molecule has 1 aromatic rings. The van der Waals surface area contributed by atoms with E-state index in [2.05, 4.69) is 33.1 Å². The summed E-state index contributed by atoms with van der Waals surface area (Å²) in [4.78, 5) is 13.1. The van der Waals surface area contributed by atoms with Crippen molar-refractivity contribution < 1.29 is 4.92 Å². The van der Waals surface area contributed by atoms with E-state index in [9.17, 15) is 10.1 Å². The standard InChI is InChI=1S/C14H20BrN3O2/c1-2-17-7-5-11(6-8-17)10-16-13-9-12(15)3-4-14(13)18(19)20/h3-4,9,11,16H,2,5-8,10H2,1H3. The fourth-order valence-electron chi connectivity index (χ4n) is 2.57. The summed E-state index contributed by atoms with van der Waals surface area (Å²) < 4.78 is 0.853. The van der Waals surface area contributed by atoms with E-state index in [1.165, 1.54) is 6.07 Å². The van der Waals surface area contributed by atoms with Crippen LogP contribution in [0.15, 0.2) is 22.7 Å². The molecule has 2 rings (SSSR count). The van der Waals surface area contributed by atoms with Gasteiger partial charge < -0.3 is 10.2 Å². The average Bonchev–Trinajstić information content (AvgIpc) is 2.45. The highest BCUT2D eigenvalue weighted by Crippen LogP contribution is 2.28. The molecule has 0 radical (unpaired) electrons. The summed E-state index contributed by atoms with van der Waals surface area (Å²) >= 11 is 3.36. The molecule has 0 saturated carbocycles. The summed E-state index contributed by atoms with van der Waals surface area (Å²) in [7, 11) is 0. The third kappa shape index (κ3) is 3.93. The quantitative estimate of drug-likeness (QED) is 0.657. The molecule has 5 nitrogen and oxygen atoms in total. The van der Waals surface area contributed by atoms with Gasteiger partial charge in [0.15, 0.2) is 0 Å². The molecule has 20 heavy (non-hydrogen) atoms. The van der Waals surface area contributed by atoms with Gasteiger partial charge in [0.1, 0.15) is 5.69 Å². The summed E-state index contributed by atoms with van der Waals surface area (Å²) in [5.74, 6) is 0.594. The SMILES string of the molecule is CCN1CCC(CNc2cc(Br)ccc2[N+](=O)[O-])CC1. The van der Waals surface area contributed by atoms with Gasteiger partial charge in [-0.05, 0) is 50.5 Å². The van der Waals surface area contributed by atoms with Crippen LogP contribution in [0.25, 0.3) is 0 Å². The average molecular weight is 342 g/mol. The van der Waals surface area contributed by atoms with Crippen LogP contribution in [0.1, 0.15) is 19.8 Å². The Morgan fingerprint density at radius 3 is 2.75 bits per heavy atom. The lowest BCUT2D eigenvalue weighted by Gasteiger charge is -2.31. The molecule has 0 bridgehead atoms. The molecule has 0 spiro atoms. The molecule has 1 N–H and O–H groups in total. The van der Waals surface area contributed by atoms with Gasteiger partial charge in [-0.3, -0.25) is 10.1 Å². The van der Waals surface area contributed by atoms with Gasteiger partial charge in [0.25, 0.3) is 5.69 Å². The minimum absolute atomic E-state index is 0.138. The van der Waals surface area contributed by atoms with Crippen molar-refractivity contribution in [2.24, 2.45) is 5.92 Å². The number of benzene rings is 1. The number of nitro groups is 1. The molecule has 1 aliphatic rings. The Hall–Kier alpha value is -1.14. The zero-order valence-electron chi connectivity index (χ0n) is 11.6. The number of halogens is 1. The number of hydrogen-bond acceptors (Lipinski definition) is 4.